The molecular weight excluding hydrogens is 244 g/mol. The fourth-order valence-electron chi connectivity index (χ4n) is 3.85. The van der Waals surface area contributed by atoms with Gasteiger partial charge in [0.25, 0.3) is 0 Å². The fourth-order valence-corrected chi connectivity index (χ4v) is 3.85. The molecule has 1 aliphatic carbocycles. The number of aryl methyl sites for hydroxylation is 1. The smallest absolute Gasteiger partial charge is 0.00942 e. The van der Waals surface area contributed by atoms with E-state index in [9.17, 15) is 0 Å². The number of hydrogen-bond acceptors (Lipinski definition) is 2. The third-order valence-corrected chi connectivity index (χ3v) is 5.35. The lowest BCUT2D eigenvalue weighted by Crippen LogP contribution is -2.46. The summed E-state index contributed by atoms with van der Waals surface area (Å²) in [6.07, 6.45) is 6.58. The first kappa shape index (κ1) is 14.1. The third kappa shape index (κ3) is 3.07. The van der Waals surface area contributed by atoms with Crippen LogP contribution in [0.4, 0.5) is 0 Å². The summed E-state index contributed by atoms with van der Waals surface area (Å²) >= 11 is 0. The molecule has 0 radical (unpaired) electrons. The van der Waals surface area contributed by atoms with E-state index in [1.165, 1.54) is 38.6 Å². The van der Waals surface area contributed by atoms with Crippen molar-refractivity contribution in [3.05, 3.63) is 35.4 Å². The van der Waals surface area contributed by atoms with E-state index in [0.29, 0.717) is 0 Å². The molecule has 110 valence electrons. The van der Waals surface area contributed by atoms with Crippen LogP contribution in [0.2, 0.25) is 0 Å². The quantitative estimate of drug-likeness (QED) is 0.909. The minimum absolute atomic E-state index is 0.718. The van der Waals surface area contributed by atoms with Crippen LogP contribution in [0.5, 0.6) is 0 Å². The van der Waals surface area contributed by atoms with Gasteiger partial charge in [-0.15, -0.1) is 0 Å². The van der Waals surface area contributed by atoms with Crippen LogP contribution in [0.1, 0.15) is 49.7 Å². The van der Waals surface area contributed by atoms with Crippen molar-refractivity contribution in [1.29, 1.82) is 0 Å². The highest BCUT2D eigenvalue weighted by Gasteiger charge is 2.24. The van der Waals surface area contributed by atoms with E-state index in [4.69, 9.17) is 0 Å². The van der Waals surface area contributed by atoms with Crippen molar-refractivity contribution in [1.82, 2.24) is 10.2 Å². The summed E-state index contributed by atoms with van der Waals surface area (Å²) in [7, 11) is 2.25. The van der Waals surface area contributed by atoms with Crippen LogP contribution in [0.3, 0.4) is 0 Å². The Morgan fingerprint density at radius 2 is 2.10 bits per heavy atom. The van der Waals surface area contributed by atoms with Crippen molar-refractivity contribution in [2.45, 2.75) is 57.0 Å². The van der Waals surface area contributed by atoms with Gasteiger partial charge in [-0.1, -0.05) is 24.3 Å². The molecule has 0 amide bonds. The molecule has 1 aromatic carbocycles. The number of piperidine rings is 1. The Labute approximate surface area is 123 Å². The number of fused-ring (bicyclic) bond motifs is 1. The zero-order valence-electron chi connectivity index (χ0n) is 12.9. The van der Waals surface area contributed by atoms with Gasteiger partial charge in [-0.2, -0.15) is 0 Å². The Bertz CT molecular complexity index is 443. The molecule has 1 saturated heterocycles. The maximum Gasteiger partial charge on any atom is 0.00942 e. The van der Waals surface area contributed by atoms with Gasteiger partial charge in [0.15, 0.2) is 0 Å². The molecule has 2 nitrogen and oxygen atoms in total. The highest BCUT2D eigenvalue weighted by atomic mass is 15.1. The van der Waals surface area contributed by atoms with Crippen LogP contribution in [0, 0.1) is 0 Å². The van der Waals surface area contributed by atoms with E-state index in [2.05, 4.69) is 48.5 Å². The number of benzene rings is 1. The maximum absolute atomic E-state index is 3.86. The van der Waals surface area contributed by atoms with Gasteiger partial charge in [-0.3, -0.25) is 0 Å². The minimum Gasteiger partial charge on any atom is -0.313 e. The van der Waals surface area contributed by atoms with Crippen molar-refractivity contribution in [3.63, 3.8) is 0 Å². The molecule has 0 saturated carbocycles. The average Bonchev–Trinajstić information content (AvgIpc) is 2.48. The van der Waals surface area contributed by atoms with Crippen molar-refractivity contribution in [3.8, 4) is 0 Å². The summed E-state index contributed by atoms with van der Waals surface area (Å²) in [5, 5.41) is 3.86. The molecule has 0 bridgehead atoms. The first-order chi connectivity index (χ1) is 9.74. The lowest BCUT2D eigenvalue weighted by Gasteiger charge is -2.36. The second kappa shape index (κ2) is 6.28. The van der Waals surface area contributed by atoms with Crippen molar-refractivity contribution in [2.75, 3.05) is 20.1 Å². The molecule has 1 N–H and O–H groups in total. The van der Waals surface area contributed by atoms with E-state index < -0.39 is 0 Å². The Morgan fingerprint density at radius 1 is 1.25 bits per heavy atom. The Balaban J connectivity index is 1.57. The summed E-state index contributed by atoms with van der Waals surface area (Å²) < 4.78 is 0. The van der Waals surface area contributed by atoms with Crippen LogP contribution in [0.15, 0.2) is 24.3 Å². The predicted octanol–water partition coefficient (Wildman–Crippen LogP) is 3.18. The molecular formula is C18H28N2. The second-order valence-electron chi connectivity index (χ2n) is 6.75. The highest BCUT2D eigenvalue weighted by molar-refractivity contribution is 5.32. The van der Waals surface area contributed by atoms with Crippen LogP contribution in [-0.2, 0) is 6.42 Å². The summed E-state index contributed by atoms with van der Waals surface area (Å²) in [4.78, 5) is 2.48. The number of nitrogens with zero attached hydrogens (tertiary/aromatic N) is 1. The van der Waals surface area contributed by atoms with Gasteiger partial charge >= 0.3 is 0 Å². The first-order valence-corrected chi connectivity index (χ1v) is 8.25. The van der Waals surface area contributed by atoms with Crippen LogP contribution >= 0.6 is 0 Å². The number of likely N-dealkylation sites (tertiary alicyclic amines) is 1. The maximum atomic E-state index is 3.86. The minimum atomic E-state index is 0.718. The topological polar surface area (TPSA) is 15.3 Å². The zero-order valence-corrected chi connectivity index (χ0v) is 12.9. The van der Waals surface area contributed by atoms with E-state index in [1.54, 1.807) is 11.1 Å². The third-order valence-electron chi connectivity index (χ3n) is 5.35. The van der Waals surface area contributed by atoms with E-state index in [0.717, 1.165) is 24.5 Å². The van der Waals surface area contributed by atoms with Gasteiger partial charge in [0.1, 0.15) is 0 Å². The lowest BCUT2D eigenvalue weighted by molar-refractivity contribution is 0.167. The van der Waals surface area contributed by atoms with Crippen LogP contribution in [-0.4, -0.2) is 37.1 Å². The SMILES string of the molecule is CC1CC(NCC2CCCc3ccccc32)CCN1C. The first-order valence-electron chi connectivity index (χ1n) is 8.25. The van der Waals surface area contributed by atoms with Crippen molar-refractivity contribution >= 4 is 0 Å². The predicted molar refractivity (Wildman–Crippen MR) is 85.2 cm³/mol. The number of nitrogens with one attached hydrogen (secondary N) is 1. The zero-order chi connectivity index (χ0) is 13.9. The molecule has 3 rings (SSSR count). The number of hydrogen-bond donors (Lipinski definition) is 1. The molecule has 1 aliphatic heterocycles. The summed E-state index contributed by atoms with van der Waals surface area (Å²) in [6, 6.07) is 10.5. The highest BCUT2D eigenvalue weighted by Crippen LogP contribution is 2.31. The summed E-state index contributed by atoms with van der Waals surface area (Å²) in [5.41, 5.74) is 3.19. The molecule has 2 heteroatoms. The molecule has 0 spiro atoms. The van der Waals surface area contributed by atoms with Crippen LogP contribution < -0.4 is 5.32 Å². The lowest BCUT2D eigenvalue weighted by atomic mass is 9.82. The van der Waals surface area contributed by atoms with Crippen molar-refractivity contribution in [2.24, 2.45) is 0 Å². The van der Waals surface area contributed by atoms with Gasteiger partial charge < -0.3 is 10.2 Å². The summed E-state index contributed by atoms with van der Waals surface area (Å²) in [6.45, 7) is 4.75. The Hall–Kier alpha value is -0.860. The van der Waals surface area contributed by atoms with Gasteiger partial charge in [0, 0.05) is 18.6 Å². The van der Waals surface area contributed by atoms with Crippen molar-refractivity contribution < 1.29 is 0 Å². The average molecular weight is 272 g/mol. The number of rotatable bonds is 3. The monoisotopic (exact) mass is 272 g/mol. The molecule has 3 unspecified atom stereocenters. The van der Waals surface area contributed by atoms with Crippen LogP contribution in [0.25, 0.3) is 0 Å². The largest absolute Gasteiger partial charge is 0.313 e. The standard InChI is InChI=1S/C18H28N2/c1-14-12-17(10-11-20(14)2)19-13-16-8-5-7-15-6-3-4-9-18(15)16/h3-4,6,9,14,16-17,19H,5,7-8,10-13H2,1-2H3. The molecule has 1 heterocycles. The summed E-state index contributed by atoms with van der Waals surface area (Å²) in [5.74, 6) is 0.731. The van der Waals surface area contributed by atoms with E-state index in [-0.39, 0.29) is 0 Å². The molecule has 1 fully saturated rings. The van der Waals surface area contributed by atoms with E-state index >= 15 is 0 Å². The van der Waals surface area contributed by atoms with Gasteiger partial charge in [0.2, 0.25) is 0 Å². The Morgan fingerprint density at radius 3 is 2.95 bits per heavy atom. The van der Waals surface area contributed by atoms with Gasteiger partial charge in [-0.25, -0.2) is 0 Å². The van der Waals surface area contributed by atoms with Gasteiger partial charge in [0.05, 0.1) is 0 Å². The molecule has 0 aromatic heterocycles. The molecule has 2 aliphatic rings. The Kier molecular flexibility index (Phi) is 4.42. The second-order valence-corrected chi connectivity index (χ2v) is 6.75. The van der Waals surface area contributed by atoms with Gasteiger partial charge in [-0.05, 0) is 69.7 Å². The molecule has 3 atom stereocenters. The molecule has 1 aromatic rings. The normalized spacial score (nSPS) is 31.0. The van der Waals surface area contributed by atoms with E-state index in [1.807, 2.05) is 0 Å². The molecule has 20 heavy (non-hydrogen) atoms. The fraction of sp³-hybridized carbons (Fsp3) is 0.667.